The van der Waals surface area contributed by atoms with E-state index in [1.165, 1.54) is 15.9 Å². The summed E-state index contributed by atoms with van der Waals surface area (Å²) in [6.45, 7) is 9.63. The van der Waals surface area contributed by atoms with E-state index in [1.54, 1.807) is 6.92 Å². The maximum Gasteiger partial charge on any atom is 0.272 e. The summed E-state index contributed by atoms with van der Waals surface area (Å²) < 4.78 is 2.00. The van der Waals surface area contributed by atoms with Gasteiger partial charge < -0.3 is 5.32 Å². The Bertz CT molecular complexity index is 1040. The molecule has 0 bridgehead atoms. The topological polar surface area (TPSA) is 76.9 Å². The fourth-order valence-corrected chi connectivity index (χ4v) is 4.10. The molecule has 3 rings (SSSR count). The zero-order valence-corrected chi connectivity index (χ0v) is 16.0. The Labute approximate surface area is 149 Å². The van der Waals surface area contributed by atoms with E-state index in [4.69, 9.17) is 0 Å². The van der Waals surface area contributed by atoms with Gasteiger partial charge in [0.1, 0.15) is 21.9 Å². The number of thiophene rings is 1. The van der Waals surface area contributed by atoms with Gasteiger partial charge in [-0.1, -0.05) is 6.92 Å². The second-order valence-corrected chi connectivity index (χ2v) is 7.47. The summed E-state index contributed by atoms with van der Waals surface area (Å²) in [6.07, 6.45) is 0.845. The van der Waals surface area contributed by atoms with Crippen LogP contribution >= 0.6 is 11.3 Å². The van der Waals surface area contributed by atoms with Gasteiger partial charge in [-0.25, -0.2) is 9.97 Å². The van der Waals surface area contributed by atoms with Crippen molar-refractivity contribution in [2.24, 2.45) is 0 Å². The molecule has 0 aliphatic rings. The lowest BCUT2D eigenvalue weighted by Gasteiger charge is -2.13. The lowest BCUT2D eigenvalue weighted by Crippen LogP contribution is -2.37. The fraction of sp³-hybridized carbons (Fsp3) is 0.444. The van der Waals surface area contributed by atoms with Gasteiger partial charge in [0.2, 0.25) is 5.91 Å². The highest BCUT2D eigenvalue weighted by Crippen LogP contribution is 2.32. The number of pyridine rings is 1. The Morgan fingerprint density at radius 3 is 2.72 bits per heavy atom. The molecular weight excluding hydrogens is 336 g/mol. The first-order valence-electron chi connectivity index (χ1n) is 8.39. The number of aromatic nitrogens is 3. The van der Waals surface area contributed by atoms with Crippen LogP contribution in [0, 0.1) is 20.8 Å². The summed E-state index contributed by atoms with van der Waals surface area (Å²) in [7, 11) is 0. The number of nitrogens with zero attached hydrogens (tertiary/aromatic N) is 3. The minimum Gasteiger partial charge on any atom is -0.352 e. The lowest BCUT2D eigenvalue weighted by atomic mass is 10.1. The van der Waals surface area contributed by atoms with Crippen LogP contribution in [-0.4, -0.2) is 26.5 Å². The number of carbonyl (C=O) groups is 1. The summed E-state index contributed by atoms with van der Waals surface area (Å²) >= 11 is 1.35. The minimum atomic E-state index is -0.179. The van der Waals surface area contributed by atoms with Crippen molar-refractivity contribution in [2.45, 2.75) is 53.6 Å². The molecule has 3 aromatic rings. The predicted molar refractivity (Wildman–Crippen MR) is 101 cm³/mol. The molecule has 3 heterocycles. The van der Waals surface area contributed by atoms with Crippen LogP contribution in [0.3, 0.4) is 0 Å². The van der Waals surface area contributed by atoms with Crippen molar-refractivity contribution in [3.05, 3.63) is 33.5 Å². The summed E-state index contributed by atoms with van der Waals surface area (Å²) in [6, 6.07) is 2.08. The number of carbonyl (C=O) groups excluding carboxylic acids is 1. The molecule has 1 unspecified atom stereocenters. The van der Waals surface area contributed by atoms with E-state index in [1.807, 2.05) is 33.8 Å². The number of aryl methyl sites for hydroxylation is 3. The first-order chi connectivity index (χ1) is 11.8. The maximum absolute atomic E-state index is 12.9. The quantitative estimate of drug-likeness (QED) is 0.778. The molecule has 3 aromatic heterocycles. The van der Waals surface area contributed by atoms with E-state index in [0.717, 1.165) is 27.9 Å². The van der Waals surface area contributed by atoms with Crippen LogP contribution in [0.15, 0.2) is 10.9 Å². The van der Waals surface area contributed by atoms with Crippen molar-refractivity contribution >= 4 is 37.7 Å². The van der Waals surface area contributed by atoms with Gasteiger partial charge in [0.15, 0.2) is 0 Å². The Morgan fingerprint density at radius 2 is 2.04 bits per heavy atom. The summed E-state index contributed by atoms with van der Waals surface area (Å²) in [5.41, 5.74) is 2.49. The number of nitrogens with one attached hydrogen (secondary N) is 1. The third-order valence-electron chi connectivity index (χ3n) is 4.39. The van der Waals surface area contributed by atoms with Gasteiger partial charge in [0.05, 0.1) is 5.52 Å². The third kappa shape index (κ3) is 3.16. The van der Waals surface area contributed by atoms with Gasteiger partial charge in [0, 0.05) is 17.1 Å². The van der Waals surface area contributed by atoms with Crippen LogP contribution in [0.4, 0.5) is 0 Å². The van der Waals surface area contributed by atoms with E-state index >= 15 is 0 Å². The molecule has 0 spiro atoms. The number of hydrogen-bond donors (Lipinski definition) is 1. The van der Waals surface area contributed by atoms with E-state index < -0.39 is 0 Å². The SMILES string of the molecule is CCC(C)NC(=O)Cn1c(C)nc2c(sc3nc(C)cc(C)c32)c1=O. The minimum absolute atomic E-state index is 0.0162. The molecule has 132 valence electrons. The molecule has 1 amide bonds. The molecular formula is C18H22N4O2S. The molecule has 0 aliphatic carbocycles. The molecule has 1 atom stereocenters. The van der Waals surface area contributed by atoms with E-state index in [9.17, 15) is 9.59 Å². The number of rotatable bonds is 4. The Morgan fingerprint density at radius 1 is 1.32 bits per heavy atom. The van der Waals surface area contributed by atoms with E-state index in [2.05, 4.69) is 15.3 Å². The standard InChI is InChI=1S/C18H22N4O2S/c1-6-10(3)19-13(23)8-22-12(5)21-15-14-9(2)7-11(4)20-17(14)25-16(15)18(22)24/h7,10H,6,8H2,1-5H3,(H,19,23). The van der Waals surface area contributed by atoms with E-state index in [-0.39, 0.29) is 24.1 Å². The molecule has 0 radical (unpaired) electrons. The van der Waals surface area contributed by atoms with Gasteiger partial charge in [-0.3, -0.25) is 14.2 Å². The lowest BCUT2D eigenvalue weighted by molar-refractivity contribution is -0.122. The normalized spacial score (nSPS) is 12.7. The van der Waals surface area contributed by atoms with Gasteiger partial charge >= 0.3 is 0 Å². The van der Waals surface area contributed by atoms with Crippen LogP contribution in [-0.2, 0) is 11.3 Å². The molecule has 0 saturated heterocycles. The van der Waals surface area contributed by atoms with Crippen molar-refractivity contribution in [3.8, 4) is 0 Å². The van der Waals surface area contributed by atoms with Crippen LogP contribution in [0.1, 0.15) is 37.4 Å². The summed E-state index contributed by atoms with van der Waals surface area (Å²) in [5.74, 6) is 0.364. The molecule has 0 aromatic carbocycles. The van der Waals surface area contributed by atoms with Gasteiger partial charge in [-0.05, 0) is 45.7 Å². The van der Waals surface area contributed by atoms with Gasteiger partial charge in [0.25, 0.3) is 5.56 Å². The average molecular weight is 358 g/mol. The van der Waals surface area contributed by atoms with Crippen LogP contribution in [0.2, 0.25) is 0 Å². The fourth-order valence-electron chi connectivity index (χ4n) is 2.92. The smallest absolute Gasteiger partial charge is 0.272 e. The summed E-state index contributed by atoms with van der Waals surface area (Å²) in [5, 5.41) is 3.82. The van der Waals surface area contributed by atoms with Crippen LogP contribution in [0.25, 0.3) is 20.4 Å². The molecule has 1 N–H and O–H groups in total. The monoisotopic (exact) mass is 358 g/mol. The molecule has 7 heteroatoms. The Kier molecular flexibility index (Phi) is 4.60. The first-order valence-corrected chi connectivity index (χ1v) is 9.20. The molecule has 0 aliphatic heterocycles. The van der Waals surface area contributed by atoms with E-state index in [0.29, 0.717) is 16.0 Å². The summed E-state index contributed by atoms with van der Waals surface area (Å²) in [4.78, 5) is 35.1. The molecule has 6 nitrogen and oxygen atoms in total. The third-order valence-corrected chi connectivity index (χ3v) is 5.45. The molecule has 25 heavy (non-hydrogen) atoms. The first kappa shape index (κ1) is 17.5. The van der Waals surface area contributed by atoms with Crippen molar-refractivity contribution in [2.75, 3.05) is 0 Å². The van der Waals surface area contributed by atoms with Crippen molar-refractivity contribution < 1.29 is 4.79 Å². The predicted octanol–water partition coefficient (Wildman–Crippen LogP) is 2.85. The highest BCUT2D eigenvalue weighted by Gasteiger charge is 2.18. The zero-order valence-electron chi connectivity index (χ0n) is 15.1. The highest BCUT2D eigenvalue weighted by atomic mass is 32.1. The number of fused-ring (bicyclic) bond motifs is 3. The average Bonchev–Trinajstić information content (AvgIpc) is 2.89. The Hall–Kier alpha value is -2.28. The second kappa shape index (κ2) is 6.55. The van der Waals surface area contributed by atoms with Crippen molar-refractivity contribution in [3.63, 3.8) is 0 Å². The van der Waals surface area contributed by atoms with Gasteiger partial charge in [-0.2, -0.15) is 0 Å². The highest BCUT2D eigenvalue weighted by molar-refractivity contribution is 7.25. The van der Waals surface area contributed by atoms with Crippen molar-refractivity contribution in [1.82, 2.24) is 19.9 Å². The number of amides is 1. The second-order valence-electron chi connectivity index (χ2n) is 6.47. The van der Waals surface area contributed by atoms with Gasteiger partial charge in [-0.15, -0.1) is 11.3 Å². The van der Waals surface area contributed by atoms with Crippen LogP contribution < -0.4 is 10.9 Å². The Balaban J connectivity index is 2.13. The maximum atomic E-state index is 12.9. The molecule has 0 saturated carbocycles. The zero-order chi connectivity index (χ0) is 18.3. The number of hydrogen-bond acceptors (Lipinski definition) is 5. The van der Waals surface area contributed by atoms with Crippen LogP contribution in [0.5, 0.6) is 0 Å². The molecule has 0 fully saturated rings. The van der Waals surface area contributed by atoms with Crippen molar-refractivity contribution in [1.29, 1.82) is 0 Å². The largest absolute Gasteiger partial charge is 0.352 e.